The SMILES string of the molecule is CN1C2COCC1CC(O)(C1CCC1)C2. The number of hydrogen-bond acceptors (Lipinski definition) is 3. The molecule has 86 valence electrons. The topological polar surface area (TPSA) is 32.7 Å². The first kappa shape index (κ1) is 10.1. The lowest BCUT2D eigenvalue weighted by Gasteiger charge is -2.54. The van der Waals surface area contributed by atoms with E-state index in [0.29, 0.717) is 18.0 Å². The maximum Gasteiger partial charge on any atom is 0.0707 e. The molecule has 2 heterocycles. The first-order valence-electron chi connectivity index (χ1n) is 6.21. The van der Waals surface area contributed by atoms with E-state index >= 15 is 0 Å². The highest BCUT2D eigenvalue weighted by atomic mass is 16.5. The van der Waals surface area contributed by atoms with Crippen molar-refractivity contribution in [3.63, 3.8) is 0 Å². The molecule has 0 aromatic carbocycles. The lowest BCUT2D eigenvalue weighted by molar-refractivity contribution is -0.165. The molecule has 3 fully saturated rings. The van der Waals surface area contributed by atoms with Gasteiger partial charge in [0.2, 0.25) is 0 Å². The smallest absolute Gasteiger partial charge is 0.0707 e. The molecule has 2 atom stereocenters. The molecule has 3 nitrogen and oxygen atoms in total. The molecule has 15 heavy (non-hydrogen) atoms. The van der Waals surface area contributed by atoms with Crippen LogP contribution in [0.15, 0.2) is 0 Å². The van der Waals surface area contributed by atoms with Gasteiger partial charge in [0, 0.05) is 12.1 Å². The highest BCUT2D eigenvalue weighted by Gasteiger charge is 2.49. The predicted octanol–water partition coefficient (Wildman–Crippen LogP) is 1.01. The number of piperidine rings is 1. The van der Waals surface area contributed by atoms with Gasteiger partial charge in [0.1, 0.15) is 0 Å². The number of fused-ring (bicyclic) bond motifs is 2. The fourth-order valence-electron chi connectivity index (χ4n) is 3.46. The summed E-state index contributed by atoms with van der Waals surface area (Å²) in [7, 11) is 2.18. The van der Waals surface area contributed by atoms with Crippen LogP contribution in [0.4, 0.5) is 0 Å². The fraction of sp³-hybridized carbons (Fsp3) is 1.00. The van der Waals surface area contributed by atoms with E-state index in [2.05, 4.69) is 11.9 Å². The molecule has 3 rings (SSSR count). The molecule has 2 bridgehead atoms. The number of morpholine rings is 1. The number of likely N-dealkylation sites (N-methyl/N-ethyl adjacent to an activating group) is 1. The molecule has 2 unspecified atom stereocenters. The largest absolute Gasteiger partial charge is 0.389 e. The van der Waals surface area contributed by atoms with E-state index in [-0.39, 0.29) is 5.60 Å². The van der Waals surface area contributed by atoms with Gasteiger partial charge >= 0.3 is 0 Å². The van der Waals surface area contributed by atoms with Gasteiger partial charge in [-0.1, -0.05) is 6.42 Å². The fourth-order valence-corrected chi connectivity index (χ4v) is 3.46. The average Bonchev–Trinajstić information content (AvgIpc) is 2.04. The quantitative estimate of drug-likeness (QED) is 0.702. The Labute approximate surface area is 91.4 Å². The van der Waals surface area contributed by atoms with Gasteiger partial charge in [-0.2, -0.15) is 0 Å². The van der Waals surface area contributed by atoms with Gasteiger partial charge in [0.05, 0.1) is 18.8 Å². The molecule has 0 radical (unpaired) electrons. The van der Waals surface area contributed by atoms with Gasteiger partial charge in [-0.25, -0.2) is 0 Å². The second-order valence-electron chi connectivity index (χ2n) is 5.65. The van der Waals surface area contributed by atoms with Crippen LogP contribution in [0, 0.1) is 5.92 Å². The Morgan fingerprint density at radius 1 is 1.20 bits per heavy atom. The van der Waals surface area contributed by atoms with Gasteiger partial charge in [-0.15, -0.1) is 0 Å². The maximum atomic E-state index is 10.7. The van der Waals surface area contributed by atoms with Crippen LogP contribution in [0.1, 0.15) is 32.1 Å². The van der Waals surface area contributed by atoms with Crippen molar-refractivity contribution < 1.29 is 9.84 Å². The molecule has 3 heteroatoms. The van der Waals surface area contributed by atoms with Crippen LogP contribution in [0.5, 0.6) is 0 Å². The number of nitrogens with zero attached hydrogens (tertiary/aromatic N) is 1. The molecule has 2 saturated heterocycles. The van der Waals surface area contributed by atoms with Crippen molar-refractivity contribution in [3.8, 4) is 0 Å². The molecular formula is C12H21NO2. The number of ether oxygens (including phenoxy) is 1. The minimum absolute atomic E-state index is 0.371. The minimum Gasteiger partial charge on any atom is -0.389 e. The van der Waals surface area contributed by atoms with Crippen LogP contribution >= 0.6 is 0 Å². The standard InChI is InChI=1S/C12H21NO2/c1-13-10-5-12(14,9-3-2-4-9)6-11(13)8-15-7-10/h9-11,14H,2-8H2,1H3. The second kappa shape index (κ2) is 3.44. The Kier molecular flexibility index (Phi) is 2.31. The summed E-state index contributed by atoms with van der Waals surface area (Å²) in [6.45, 7) is 1.62. The lowest BCUT2D eigenvalue weighted by Crippen LogP contribution is -2.62. The van der Waals surface area contributed by atoms with E-state index in [1.165, 1.54) is 19.3 Å². The Hall–Kier alpha value is -0.120. The van der Waals surface area contributed by atoms with E-state index in [1.54, 1.807) is 0 Å². The van der Waals surface area contributed by atoms with Crippen LogP contribution in [-0.2, 0) is 4.74 Å². The zero-order valence-electron chi connectivity index (χ0n) is 9.48. The average molecular weight is 211 g/mol. The molecule has 1 aliphatic carbocycles. The number of aliphatic hydroxyl groups is 1. The zero-order valence-corrected chi connectivity index (χ0v) is 9.48. The predicted molar refractivity (Wildman–Crippen MR) is 57.7 cm³/mol. The van der Waals surface area contributed by atoms with Crippen molar-refractivity contribution >= 4 is 0 Å². The summed E-state index contributed by atoms with van der Waals surface area (Å²) in [5.74, 6) is 0.578. The van der Waals surface area contributed by atoms with Crippen molar-refractivity contribution in [2.75, 3.05) is 20.3 Å². The summed E-state index contributed by atoms with van der Waals surface area (Å²) < 4.78 is 5.58. The molecule has 1 N–H and O–H groups in total. The van der Waals surface area contributed by atoms with Crippen LogP contribution in [0.3, 0.4) is 0 Å². The van der Waals surface area contributed by atoms with Crippen LogP contribution in [0.2, 0.25) is 0 Å². The summed E-state index contributed by atoms with van der Waals surface area (Å²) in [5, 5.41) is 10.7. The van der Waals surface area contributed by atoms with Gasteiger partial charge < -0.3 is 9.84 Å². The Balaban J connectivity index is 1.77. The summed E-state index contributed by atoms with van der Waals surface area (Å²) in [5.41, 5.74) is -0.371. The summed E-state index contributed by atoms with van der Waals surface area (Å²) in [6.07, 6.45) is 5.63. The van der Waals surface area contributed by atoms with E-state index in [9.17, 15) is 5.11 Å². The van der Waals surface area contributed by atoms with Crippen LogP contribution in [0.25, 0.3) is 0 Å². The molecule has 0 amide bonds. The van der Waals surface area contributed by atoms with Crippen molar-refractivity contribution in [2.45, 2.75) is 49.8 Å². The first-order valence-corrected chi connectivity index (χ1v) is 6.21. The molecule has 0 aromatic rings. The van der Waals surface area contributed by atoms with Gasteiger partial charge in [-0.05, 0) is 38.6 Å². The van der Waals surface area contributed by atoms with Crippen LogP contribution in [-0.4, -0.2) is 48.0 Å². The Morgan fingerprint density at radius 3 is 2.27 bits per heavy atom. The molecule has 0 spiro atoms. The van der Waals surface area contributed by atoms with Crippen molar-refractivity contribution in [2.24, 2.45) is 5.92 Å². The van der Waals surface area contributed by atoms with Crippen molar-refractivity contribution in [3.05, 3.63) is 0 Å². The van der Waals surface area contributed by atoms with E-state index in [0.717, 1.165) is 26.1 Å². The third-order valence-electron chi connectivity index (χ3n) is 4.82. The maximum absolute atomic E-state index is 10.7. The monoisotopic (exact) mass is 211 g/mol. The zero-order chi connectivity index (χ0) is 10.5. The Bertz CT molecular complexity index is 238. The van der Waals surface area contributed by atoms with E-state index < -0.39 is 0 Å². The second-order valence-corrected chi connectivity index (χ2v) is 5.65. The molecule has 0 aromatic heterocycles. The van der Waals surface area contributed by atoms with Gasteiger partial charge in [0.15, 0.2) is 0 Å². The lowest BCUT2D eigenvalue weighted by atomic mass is 9.65. The molecule has 1 saturated carbocycles. The van der Waals surface area contributed by atoms with Gasteiger partial charge in [0.25, 0.3) is 0 Å². The molecule has 3 aliphatic rings. The summed E-state index contributed by atoms with van der Waals surface area (Å²) in [6, 6.07) is 0.895. The van der Waals surface area contributed by atoms with Gasteiger partial charge in [-0.3, -0.25) is 4.90 Å². The summed E-state index contributed by atoms with van der Waals surface area (Å²) >= 11 is 0. The van der Waals surface area contributed by atoms with E-state index in [4.69, 9.17) is 4.74 Å². The third kappa shape index (κ3) is 1.52. The minimum atomic E-state index is -0.371. The third-order valence-corrected chi connectivity index (χ3v) is 4.82. The molecule has 2 aliphatic heterocycles. The summed E-state index contributed by atoms with van der Waals surface area (Å²) in [4.78, 5) is 2.41. The highest BCUT2D eigenvalue weighted by Crippen LogP contribution is 2.45. The van der Waals surface area contributed by atoms with Crippen LogP contribution < -0.4 is 0 Å². The Morgan fingerprint density at radius 2 is 1.80 bits per heavy atom. The van der Waals surface area contributed by atoms with E-state index in [1.807, 2.05) is 0 Å². The van der Waals surface area contributed by atoms with Crippen molar-refractivity contribution in [1.29, 1.82) is 0 Å². The normalized spacial score (nSPS) is 47.6. The molecular weight excluding hydrogens is 190 g/mol. The highest BCUT2D eigenvalue weighted by molar-refractivity contribution is 5.02. The number of rotatable bonds is 1. The first-order chi connectivity index (χ1) is 7.19. The number of hydrogen-bond donors (Lipinski definition) is 1. The van der Waals surface area contributed by atoms with Crippen molar-refractivity contribution in [1.82, 2.24) is 4.90 Å².